The van der Waals surface area contributed by atoms with Gasteiger partial charge in [0.1, 0.15) is 12.2 Å². The third kappa shape index (κ3) is 4.85. The highest BCUT2D eigenvalue weighted by Crippen LogP contribution is 2.28. The molecule has 2 heterocycles. The lowest BCUT2D eigenvalue weighted by Crippen LogP contribution is -2.54. The second kappa shape index (κ2) is 10.3. The Balaban J connectivity index is 1.44. The van der Waals surface area contributed by atoms with Gasteiger partial charge in [-0.15, -0.1) is 0 Å². The monoisotopic (exact) mass is 559 g/mol. The van der Waals surface area contributed by atoms with E-state index in [1.807, 2.05) is 59.3 Å². The molecule has 5 rings (SSSR count). The summed E-state index contributed by atoms with van der Waals surface area (Å²) in [6, 6.07) is 21.0. The zero-order valence-corrected chi connectivity index (χ0v) is 21.4. The number of anilines is 1. The van der Waals surface area contributed by atoms with Crippen LogP contribution in [0.15, 0.2) is 89.0 Å². The summed E-state index contributed by atoms with van der Waals surface area (Å²) in [4.78, 5) is 39.4. The molecular formula is C28H22BrN3O5. The number of aromatic nitrogens is 1. The summed E-state index contributed by atoms with van der Waals surface area (Å²) in [5.41, 5.74) is 1.83. The molecule has 3 aromatic carbocycles. The van der Waals surface area contributed by atoms with Crippen LogP contribution in [0.25, 0.3) is 17.0 Å². The molecule has 0 radical (unpaired) electrons. The molecule has 1 saturated heterocycles. The highest BCUT2D eigenvalue weighted by atomic mass is 79.9. The first-order valence-corrected chi connectivity index (χ1v) is 12.3. The number of para-hydroxylation sites is 3. The van der Waals surface area contributed by atoms with Crippen LogP contribution in [0.1, 0.15) is 5.56 Å². The predicted molar refractivity (Wildman–Crippen MR) is 144 cm³/mol. The highest BCUT2D eigenvalue weighted by Gasteiger charge is 2.37. The van der Waals surface area contributed by atoms with Gasteiger partial charge in [-0.05, 0) is 48.5 Å². The SMILES string of the molecule is COc1ccccc1OCCn1cc(/C=C2/C(=O)NC(=O)N(c3ccc(Br)cc3)C2=O)c2ccccc21. The van der Waals surface area contributed by atoms with E-state index in [1.54, 1.807) is 31.4 Å². The molecule has 4 aromatic rings. The number of barbiturate groups is 1. The number of methoxy groups -OCH3 is 1. The van der Waals surface area contributed by atoms with E-state index >= 15 is 0 Å². The smallest absolute Gasteiger partial charge is 0.335 e. The van der Waals surface area contributed by atoms with Crippen molar-refractivity contribution in [3.8, 4) is 11.5 Å². The number of urea groups is 1. The molecule has 0 spiro atoms. The number of rotatable bonds is 7. The van der Waals surface area contributed by atoms with Gasteiger partial charge in [0.2, 0.25) is 0 Å². The van der Waals surface area contributed by atoms with Gasteiger partial charge >= 0.3 is 6.03 Å². The zero-order chi connectivity index (χ0) is 25.9. The minimum Gasteiger partial charge on any atom is -0.493 e. The molecule has 186 valence electrons. The Labute approximate surface area is 221 Å². The lowest BCUT2D eigenvalue weighted by Gasteiger charge is -2.26. The number of nitrogens with zero attached hydrogens (tertiary/aromatic N) is 2. The van der Waals surface area contributed by atoms with E-state index < -0.39 is 17.8 Å². The van der Waals surface area contributed by atoms with Crippen molar-refractivity contribution in [1.82, 2.24) is 9.88 Å². The van der Waals surface area contributed by atoms with Gasteiger partial charge in [-0.1, -0.05) is 46.3 Å². The maximum atomic E-state index is 13.3. The van der Waals surface area contributed by atoms with E-state index in [0.717, 1.165) is 20.3 Å². The Morgan fingerprint density at radius 2 is 1.62 bits per heavy atom. The summed E-state index contributed by atoms with van der Waals surface area (Å²) < 4.78 is 14.1. The van der Waals surface area contributed by atoms with E-state index in [1.165, 1.54) is 6.08 Å². The third-order valence-electron chi connectivity index (χ3n) is 5.96. The van der Waals surface area contributed by atoms with Crippen LogP contribution in [-0.2, 0) is 16.1 Å². The van der Waals surface area contributed by atoms with Crippen molar-refractivity contribution >= 4 is 56.4 Å². The number of nitrogens with one attached hydrogen (secondary N) is 1. The van der Waals surface area contributed by atoms with E-state index in [0.29, 0.717) is 35.9 Å². The fourth-order valence-corrected chi connectivity index (χ4v) is 4.47. The summed E-state index contributed by atoms with van der Waals surface area (Å²) in [6.07, 6.45) is 3.39. The standard InChI is InChI=1S/C28H22BrN3O5/c1-36-24-8-4-5-9-25(24)37-15-14-31-17-18(21-6-2-3-7-23(21)31)16-22-26(33)30-28(35)32(27(22)34)20-12-10-19(29)11-13-20/h2-13,16-17H,14-15H2,1H3,(H,30,33,35)/b22-16-. The predicted octanol–water partition coefficient (Wildman–Crippen LogP) is 5.16. The van der Waals surface area contributed by atoms with Crippen LogP contribution in [0.3, 0.4) is 0 Å². The summed E-state index contributed by atoms with van der Waals surface area (Å²) in [6.45, 7) is 0.895. The molecular weight excluding hydrogens is 538 g/mol. The number of amides is 4. The summed E-state index contributed by atoms with van der Waals surface area (Å²) in [5.74, 6) is -0.130. The largest absolute Gasteiger partial charge is 0.493 e. The molecule has 4 amide bonds. The number of fused-ring (bicyclic) bond motifs is 1. The molecule has 1 aliphatic heterocycles. The van der Waals surface area contributed by atoms with Crippen LogP contribution in [0.2, 0.25) is 0 Å². The average molecular weight is 560 g/mol. The molecule has 37 heavy (non-hydrogen) atoms. The number of halogens is 1. The molecule has 0 unspecified atom stereocenters. The molecule has 0 atom stereocenters. The Kier molecular flexibility index (Phi) is 6.78. The lowest BCUT2D eigenvalue weighted by atomic mass is 10.1. The second-order valence-corrected chi connectivity index (χ2v) is 9.14. The number of benzene rings is 3. The molecule has 1 N–H and O–H groups in total. The number of hydrogen-bond acceptors (Lipinski definition) is 5. The first kappa shape index (κ1) is 24.3. The Bertz CT molecular complexity index is 1540. The van der Waals surface area contributed by atoms with Crippen LogP contribution >= 0.6 is 15.9 Å². The molecule has 0 aliphatic carbocycles. The first-order chi connectivity index (χ1) is 18.0. The molecule has 1 aliphatic rings. The Hall–Kier alpha value is -4.37. The van der Waals surface area contributed by atoms with Gasteiger partial charge in [-0.25, -0.2) is 9.69 Å². The number of carbonyl (C=O) groups is 3. The van der Waals surface area contributed by atoms with Crippen molar-refractivity contribution in [2.24, 2.45) is 0 Å². The first-order valence-electron chi connectivity index (χ1n) is 11.5. The minimum atomic E-state index is -0.787. The zero-order valence-electron chi connectivity index (χ0n) is 19.8. The van der Waals surface area contributed by atoms with Crippen molar-refractivity contribution < 1.29 is 23.9 Å². The normalized spacial score (nSPS) is 14.8. The summed E-state index contributed by atoms with van der Waals surface area (Å²) in [7, 11) is 1.59. The van der Waals surface area contributed by atoms with Gasteiger partial charge in [0.05, 0.1) is 19.3 Å². The van der Waals surface area contributed by atoms with Gasteiger partial charge in [-0.2, -0.15) is 0 Å². The van der Waals surface area contributed by atoms with Crippen LogP contribution in [0.4, 0.5) is 10.5 Å². The van der Waals surface area contributed by atoms with Gasteiger partial charge in [0.25, 0.3) is 11.8 Å². The molecule has 0 saturated carbocycles. The van der Waals surface area contributed by atoms with Crippen LogP contribution in [0, 0.1) is 0 Å². The fourth-order valence-electron chi connectivity index (χ4n) is 4.20. The van der Waals surface area contributed by atoms with Crippen molar-refractivity contribution in [1.29, 1.82) is 0 Å². The molecule has 9 heteroatoms. The average Bonchev–Trinajstić information content (AvgIpc) is 3.25. The summed E-state index contributed by atoms with van der Waals surface area (Å²) >= 11 is 3.34. The quantitative estimate of drug-likeness (QED) is 0.249. The number of carbonyl (C=O) groups excluding carboxylic acids is 3. The number of imide groups is 2. The second-order valence-electron chi connectivity index (χ2n) is 8.23. The molecule has 1 fully saturated rings. The van der Waals surface area contributed by atoms with Crippen LogP contribution in [-0.4, -0.2) is 36.1 Å². The summed E-state index contributed by atoms with van der Waals surface area (Å²) in [5, 5.41) is 3.13. The molecule has 1 aromatic heterocycles. The number of ether oxygens (including phenoxy) is 2. The maximum absolute atomic E-state index is 13.3. The Morgan fingerprint density at radius 3 is 2.38 bits per heavy atom. The highest BCUT2D eigenvalue weighted by molar-refractivity contribution is 9.10. The van der Waals surface area contributed by atoms with Gasteiger partial charge < -0.3 is 14.0 Å². The Morgan fingerprint density at radius 1 is 0.919 bits per heavy atom. The molecule has 8 nitrogen and oxygen atoms in total. The van der Waals surface area contributed by atoms with E-state index in [-0.39, 0.29) is 5.57 Å². The minimum absolute atomic E-state index is 0.129. The third-order valence-corrected chi connectivity index (χ3v) is 6.49. The maximum Gasteiger partial charge on any atom is 0.335 e. The lowest BCUT2D eigenvalue weighted by molar-refractivity contribution is -0.122. The topological polar surface area (TPSA) is 89.9 Å². The molecule has 0 bridgehead atoms. The van der Waals surface area contributed by atoms with Crippen molar-refractivity contribution in [3.05, 3.63) is 94.6 Å². The van der Waals surface area contributed by atoms with E-state index in [4.69, 9.17) is 9.47 Å². The number of hydrogen-bond donors (Lipinski definition) is 1. The van der Waals surface area contributed by atoms with Crippen molar-refractivity contribution in [2.75, 3.05) is 18.6 Å². The van der Waals surface area contributed by atoms with E-state index in [2.05, 4.69) is 21.2 Å². The van der Waals surface area contributed by atoms with Gasteiger partial charge in [-0.3, -0.25) is 14.9 Å². The van der Waals surface area contributed by atoms with Crippen LogP contribution < -0.4 is 19.7 Å². The van der Waals surface area contributed by atoms with Crippen molar-refractivity contribution in [2.45, 2.75) is 6.54 Å². The van der Waals surface area contributed by atoms with Crippen molar-refractivity contribution in [3.63, 3.8) is 0 Å². The fraction of sp³-hybridized carbons (Fsp3) is 0.107. The van der Waals surface area contributed by atoms with E-state index in [9.17, 15) is 14.4 Å². The van der Waals surface area contributed by atoms with Crippen LogP contribution in [0.5, 0.6) is 11.5 Å². The van der Waals surface area contributed by atoms with Gasteiger partial charge in [0, 0.05) is 27.1 Å². The van der Waals surface area contributed by atoms with Gasteiger partial charge in [0.15, 0.2) is 11.5 Å².